The predicted molar refractivity (Wildman–Crippen MR) is 82.9 cm³/mol. The molecule has 1 aromatic carbocycles. The number of carbonyl (C=O) groups is 1. The summed E-state index contributed by atoms with van der Waals surface area (Å²) in [5, 5.41) is 14.6. The Balaban J connectivity index is 1.81. The lowest BCUT2D eigenvalue weighted by atomic mass is 9.98. The molecule has 3 rings (SSSR count). The molecule has 0 unspecified atom stereocenters. The van der Waals surface area contributed by atoms with E-state index in [-0.39, 0.29) is 5.91 Å². The number of nitrogens with one attached hydrogen (secondary N) is 1. The van der Waals surface area contributed by atoms with Gasteiger partial charge in [0.25, 0.3) is 0 Å². The van der Waals surface area contributed by atoms with Crippen LogP contribution in [0.1, 0.15) is 32.6 Å². The van der Waals surface area contributed by atoms with E-state index in [9.17, 15) is 4.79 Å². The van der Waals surface area contributed by atoms with E-state index in [0.29, 0.717) is 18.1 Å². The zero-order chi connectivity index (χ0) is 15.6. The van der Waals surface area contributed by atoms with Crippen LogP contribution in [0.3, 0.4) is 0 Å². The number of amides is 1. The van der Waals surface area contributed by atoms with Gasteiger partial charge >= 0.3 is 0 Å². The van der Waals surface area contributed by atoms with Crippen LogP contribution in [0, 0.1) is 0 Å². The molecule has 3 N–H and O–H groups in total. The van der Waals surface area contributed by atoms with E-state index in [1.54, 1.807) is 4.68 Å². The minimum Gasteiger partial charge on any atom is -0.324 e. The summed E-state index contributed by atoms with van der Waals surface area (Å²) in [6.07, 6.45) is 3.50. The van der Waals surface area contributed by atoms with Gasteiger partial charge in [0, 0.05) is 17.8 Å². The molecule has 0 aliphatic heterocycles. The van der Waals surface area contributed by atoms with Gasteiger partial charge < -0.3 is 11.1 Å². The van der Waals surface area contributed by atoms with Crippen molar-refractivity contribution in [3.8, 4) is 11.4 Å². The average Bonchev–Trinajstić information content (AvgIpc) is 3.16. The molecule has 1 aliphatic rings. The molecule has 1 fully saturated rings. The zero-order valence-electron chi connectivity index (χ0n) is 12.6. The number of carbonyl (C=O) groups excluding carboxylic acids is 1. The van der Waals surface area contributed by atoms with Gasteiger partial charge in [-0.2, -0.15) is 0 Å². The van der Waals surface area contributed by atoms with Crippen molar-refractivity contribution < 1.29 is 4.79 Å². The molecule has 1 aliphatic carbocycles. The SMILES string of the molecule is CCn1nnnc1-c1cccc(NC(=O)C2(N)CCCC2)c1. The standard InChI is InChI=1S/C15H20N6O/c1-2-21-13(18-19-20-21)11-6-5-7-12(10-11)17-14(22)15(16)8-3-4-9-15/h5-7,10H,2-4,8-9,16H2,1H3,(H,17,22). The van der Waals surface area contributed by atoms with Crippen LogP contribution >= 0.6 is 0 Å². The van der Waals surface area contributed by atoms with Gasteiger partial charge in [0.15, 0.2) is 5.82 Å². The molecule has 7 nitrogen and oxygen atoms in total. The van der Waals surface area contributed by atoms with Gasteiger partial charge in [-0.25, -0.2) is 4.68 Å². The lowest BCUT2D eigenvalue weighted by Crippen LogP contribution is -2.48. The Bertz CT molecular complexity index is 674. The number of aryl methyl sites for hydroxylation is 1. The highest BCUT2D eigenvalue weighted by Crippen LogP contribution is 2.29. The highest BCUT2D eigenvalue weighted by molar-refractivity contribution is 5.98. The number of aromatic nitrogens is 4. The van der Waals surface area contributed by atoms with Crippen molar-refractivity contribution in [1.29, 1.82) is 0 Å². The molecule has 2 aromatic rings. The van der Waals surface area contributed by atoms with Crippen molar-refractivity contribution in [3.63, 3.8) is 0 Å². The van der Waals surface area contributed by atoms with Crippen molar-refractivity contribution in [1.82, 2.24) is 20.2 Å². The number of rotatable bonds is 4. The fourth-order valence-electron chi connectivity index (χ4n) is 2.85. The van der Waals surface area contributed by atoms with Gasteiger partial charge in [0.2, 0.25) is 5.91 Å². The van der Waals surface area contributed by atoms with E-state index in [0.717, 1.165) is 31.2 Å². The van der Waals surface area contributed by atoms with Crippen molar-refractivity contribution in [3.05, 3.63) is 24.3 Å². The molecule has 22 heavy (non-hydrogen) atoms. The lowest BCUT2D eigenvalue weighted by molar-refractivity contribution is -0.121. The Kier molecular flexibility index (Phi) is 3.89. The van der Waals surface area contributed by atoms with Crippen molar-refractivity contribution >= 4 is 11.6 Å². The van der Waals surface area contributed by atoms with Crippen LogP contribution in [0.4, 0.5) is 5.69 Å². The average molecular weight is 300 g/mol. The van der Waals surface area contributed by atoms with Crippen LogP contribution in [0.25, 0.3) is 11.4 Å². The number of hydrogen-bond donors (Lipinski definition) is 2. The second-order valence-corrected chi connectivity index (χ2v) is 5.72. The molecule has 0 saturated heterocycles. The van der Waals surface area contributed by atoms with Crippen LogP contribution in [0.5, 0.6) is 0 Å². The van der Waals surface area contributed by atoms with Gasteiger partial charge in [-0.05, 0) is 42.3 Å². The molecule has 0 bridgehead atoms. The molecule has 1 aromatic heterocycles. The van der Waals surface area contributed by atoms with E-state index in [4.69, 9.17) is 5.73 Å². The Hall–Kier alpha value is -2.28. The number of tetrazole rings is 1. The Morgan fingerprint density at radius 3 is 2.91 bits per heavy atom. The molecule has 1 amide bonds. The number of nitrogens with zero attached hydrogens (tertiary/aromatic N) is 4. The van der Waals surface area contributed by atoms with Crippen molar-refractivity contribution in [2.24, 2.45) is 5.73 Å². The van der Waals surface area contributed by atoms with Crippen molar-refractivity contribution in [2.75, 3.05) is 5.32 Å². The summed E-state index contributed by atoms with van der Waals surface area (Å²) in [6, 6.07) is 7.51. The molecule has 0 atom stereocenters. The first-order valence-electron chi connectivity index (χ1n) is 7.59. The van der Waals surface area contributed by atoms with Gasteiger partial charge in [0.05, 0.1) is 5.54 Å². The third-order valence-corrected chi connectivity index (χ3v) is 4.16. The van der Waals surface area contributed by atoms with Crippen LogP contribution in [0.2, 0.25) is 0 Å². The molecular formula is C15H20N6O. The minimum atomic E-state index is -0.735. The first kappa shape index (κ1) is 14.6. The van der Waals surface area contributed by atoms with Gasteiger partial charge in [0.1, 0.15) is 0 Å². The van der Waals surface area contributed by atoms with E-state index >= 15 is 0 Å². The van der Waals surface area contributed by atoms with Crippen LogP contribution in [-0.2, 0) is 11.3 Å². The minimum absolute atomic E-state index is 0.114. The molecule has 1 saturated carbocycles. The van der Waals surface area contributed by atoms with E-state index < -0.39 is 5.54 Å². The summed E-state index contributed by atoms with van der Waals surface area (Å²) in [5.74, 6) is 0.569. The molecule has 7 heteroatoms. The fraction of sp³-hybridized carbons (Fsp3) is 0.467. The molecule has 116 valence electrons. The molecular weight excluding hydrogens is 280 g/mol. The maximum Gasteiger partial charge on any atom is 0.244 e. The van der Waals surface area contributed by atoms with Gasteiger partial charge in [-0.3, -0.25) is 4.79 Å². The van der Waals surface area contributed by atoms with Crippen LogP contribution in [0.15, 0.2) is 24.3 Å². The lowest BCUT2D eigenvalue weighted by Gasteiger charge is -2.22. The number of benzene rings is 1. The molecule has 1 heterocycles. The molecule has 0 radical (unpaired) electrons. The van der Waals surface area contributed by atoms with Gasteiger partial charge in [-0.15, -0.1) is 5.10 Å². The molecule has 0 spiro atoms. The predicted octanol–water partition coefficient (Wildman–Crippen LogP) is 1.57. The summed E-state index contributed by atoms with van der Waals surface area (Å²) in [6.45, 7) is 2.66. The first-order chi connectivity index (χ1) is 10.6. The summed E-state index contributed by atoms with van der Waals surface area (Å²) in [4.78, 5) is 12.4. The topological polar surface area (TPSA) is 98.7 Å². The normalized spacial score (nSPS) is 16.6. The van der Waals surface area contributed by atoms with Gasteiger partial charge in [-0.1, -0.05) is 25.0 Å². The van der Waals surface area contributed by atoms with Crippen LogP contribution in [-0.4, -0.2) is 31.7 Å². The monoisotopic (exact) mass is 300 g/mol. The third kappa shape index (κ3) is 2.71. The highest BCUT2D eigenvalue weighted by Gasteiger charge is 2.36. The van der Waals surface area contributed by atoms with E-state index in [2.05, 4.69) is 20.8 Å². The van der Waals surface area contributed by atoms with E-state index in [1.165, 1.54) is 0 Å². The zero-order valence-corrected chi connectivity index (χ0v) is 12.6. The number of hydrogen-bond acceptors (Lipinski definition) is 5. The Morgan fingerprint density at radius 2 is 2.18 bits per heavy atom. The second kappa shape index (κ2) is 5.84. The fourth-order valence-corrected chi connectivity index (χ4v) is 2.85. The summed E-state index contributed by atoms with van der Waals surface area (Å²) in [7, 11) is 0. The number of anilines is 1. The maximum absolute atomic E-state index is 12.4. The summed E-state index contributed by atoms with van der Waals surface area (Å²) in [5.41, 5.74) is 7.02. The summed E-state index contributed by atoms with van der Waals surface area (Å²) < 4.78 is 1.71. The quantitative estimate of drug-likeness (QED) is 0.893. The largest absolute Gasteiger partial charge is 0.324 e. The van der Waals surface area contributed by atoms with E-state index in [1.807, 2.05) is 31.2 Å². The Morgan fingerprint density at radius 1 is 1.41 bits per heavy atom. The smallest absolute Gasteiger partial charge is 0.244 e. The highest BCUT2D eigenvalue weighted by atomic mass is 16.2. The first-order valence-corrected chi connectivity index (χ1v) is 7.59. The second-order valence-electron chi connectivity index (χ2n) is 5.72. The third-order valence-electron chi connectivity index (χ3n) is 4.16. The Labute approximate surface area is 128 Å². The number of nitrogens with two attached hydrogens (primary N) is 1. The summed E-state index contributed by atoms with van der Waals surface area (Å²) >= 11 is 0. The maximum atomic E-state index is 12.4. The van der Waals surface area contributed by atoms with Crippen LogP contribution < -0.4 is 11.1 Å². The van der Waals surface area contributed by atoms with Crippen molar-refractivity contribution in [2.45, 2.75) is 44.7 Å².